The summed E-state index contributed by atoms with van der Waals surface area (Å²) in [6.07, 6.45) is 1.73. The highest BCUT2D eigenvalue weighted by atomic mass is 35.5. The van der Waals surface area contributed by atoms with Gasteiger partial charge in [0.2, 0.25) is 0 Å². The Bertz CT molecular complexity index is 537. The summed E-state index contributed by atoms with van der Waals surface area (Å²) in [7, 11) is 0. The number of hydroxylamine groups is 2. The second-order valence-corrected chi connectivity index (χ2v) is 5.33. The molecule has 0 N–H and O–H groups in total. The molecule has 1 amide bonds. The number of amides is 1. The first kappa shape index (κ1) is 13.6. The van der Waals surface area contributed by atoms with E-state index in [9.17, 15) is 9.59 Å². The number of hydrogen-bond acceptors (Lipinski definition) is 3. The lowest BCUT2D eigenvalue weighted by Crippen LogP contribution is -2.32. The number of nitrogens with zero attached hydrogens (tertiary/aromatic N) is 1. The molecule has 1 aromatic carbocycles. The van der Waals surface area contributed by atoms with Gasteiger partial charge >= 0.3 is 5.97 Å². The van der Waals surface area contributed by atoms with Crippen LogP contribution in [0, 0.1) is 5.41 Å². The molecule has 0 aromatic heterocycles. The van der Waals surface area contributed by atoms with Gasteiger partial charge in [0.1, 0.15) is 5.41 Å². The predicted molar refractivity (Wildman–Crippen MR) is 71.9 cm³/mol. The highest BCUT2D eigenvalue weighted by Gasteiger charge is 2.49. The first-order valence-electron chi connectivity index (χ1n) is 5.87. The third-order valence-corrected chi connectivity index (χ3v) is 3.11. The molecule has 0 aliphatic carbocycles. The van der Waals surface area contributed by atoms with Crippen LogP contribution in [0.25, 0.3) is 6.08 Å². The molecule has 2 rings (SSSR count). The van der Waals surface area contributed by atoms with Gasteiger partial charge in [-0.05, 0) is 25.5 Å². The number of rotatable bonds is 3. The average Bonchev–Trinajstić information content (AvgIpc) is 2.54. The van der Waals surface area contributed by atoms with Gasteiger partial charge in [-0.15, -0.1) is 0 Å². The molecular weight excluding hydrogens is 266 g/mol. The summed E-state index contributed by atoms with van der Waals surface area (Å²) < 4.78 is 0. The molecule has 1 fully saturated rings. The summed E-state index contributed by atoms with van der Waals surface area (Å²) in [5, 5.41) is 1.43. The monoisotopic (exact) mass is 279 g/mol. The van der Waals surface area contributed by atoms with E-state index in [1.807, 2.05) is 30.3 Å². The summed E-state index contributed by atoms with van der Waals surface area (Å²) in [4.78, 5) is 28.3. The number of benzene rings is 1. The fourth-order valence-electron chi connectivity index (χ4n) is 1.67. The maximum Gasteiger partial charge on any atom is 0.347 e. The molecule has 0 saturated carbocycles. The van der Waals surface area contributed by atoms with Gasteiger partial charge < -0.3 is 4.84 Å². The van der Waals surface area contributed by atoms with Crippen LogP contribution >= 0.6 is 11.6 Å². The first-order valence-corrected chi connectivity index (χ1v) is 6.24. The van der Waals surface area contributed by atoms with Crippen molar-refractivity contribution in [2.75, 3.05) is 6.54 Å². The largest absolute Gasteiger partial charge is 0.347 e. The van der Waals surface area contributed by atoms with Gasteiger partial charge in [0.25, 0.3) is 5.91 Å². The maximum atomic E-state index is 11.9. The topological polar surface area (TPSA) is 46.6 Å². The van der Waals surface area contributed by atoms with Crippen molar-refractivity contribution in [2.24, 2.45) is 5.41 Å². The Hall–Kier alpha value is -1.81. The lowest BCUT2D eigenvalue weighted by Gasteiger charge is -2.13. The Kier molecular flexibility index (Phi) is 3.62. The third-order valence-electron chi connectivity index (χ3n) is 2.88. The molecule has 1 saturated heterocycles. The zero-order chi connectivity index (χ0) is 14.0. The summed E-state index contributed by atoms with van der Waals surface area (Å²) in [5.41, 5.74) is -0.214. The van der Waals surface area contributed by atoms with E-state index < -0.39 is 11.4 Å². The highest BCUT2D eigenvalue weighted by molar-refractivity contribution is 6.32. The Morgan fingerprint density at radius 2 is 1.95 bits per heavy atom. The summed E-state index contributed by atoms with van der Waals surface area (Å²) in [6.45, 7) is 3.13. The molecule has 0 radical (unpaired) electrons. The van der Waals surface area contributed by atoms with E-state index >= 15 is 0 Å². The van der Waals surface area contributed by atoms with E-state index in [0.29, 0.717) is 5.03 Å². The summed E-state index contributed by atoms with van der Waals surface area (Å²) in [5.74, 6) is -0.932. The van der Waals surface area contributed by atoms with Gasteiger partial charge in [-0.1, -0.05) is 41.9 Å². The average molecular weight is 280 g/mol. The van der Waals surface area contributed by atoms with Gasteiger partial charge in [0.05, 0.1) is 6.54 Å². The van der Waals surface area contributed by atoms with Crippen LogP contribution < -0.4 is 0 Å². The second-order valence-electron chi connectivity index (χ2n) is 4.85. The van der Waals surface area contributed by atoms with Gasteiger partial charge in [0, 0.05) is 5.03 Å². The molecule has 1 heterocycles. The number of carbonyl (C=O) groups excluding carboxylic acids is 2. The van der Waals surface area contributed by atoms with Gasteiger partial charge in [-0.2, -0.15) is 5.06 Å². The van der Waals surface area contributed by atoms with Crippen LogP contribution in [0.5, 0.6) is 0 Å². The normalized spacial score (nSPS) is 18.7. The minimum absolute atomic E-state index is 0.0600. The Labute approximate surface area is 116 Å². The molecule has 1 aliphatic rings. The molecule has 0 bridgehead atoms. The van der Waals surface area contributed by atoms with Crippen molar-refractivity contribution in [3.8, 4) is 0 Å². The van der Waals surface area contributed by atoms with Crippen molar-refractivity contribution in [3.05, 3.63) is 40.9 Å². The molecule has 100 valence electrons. The van der Waals surface area contributed by atoms with Crippen LogP contribution in [0.1, 0.15) is 19.4 Å². The van der Waals surface area contributed by atoms with Crippen LogP contribution in [0.4, 0.5) is 0 Å². The van der Waals surface area contributed by atoms with Crippen molar-refractivity contribution in [2.45, 2.75) is 13.8 Å². The molecule has 4 nitrogen and oxygen atoms in total. The predicted octanol–water partition coefficient (Wildman–Crippen LogP) is 2.59. The van der Waals surface area contributed by atoms with E-state index in [-0.39, 0.29) is 12.5 Å². The number of halogens is 1. The van der Waals surface area contributed by atoms with Crippen molar-refractivity contribution >= 4 is 29.6 Å². The molecule has 19 heavy (non-hydrogen) atoms. The van der Waals surface area contributed by atoms with Gasteiger partial charge in [-0.3, -0.25) is 4.79 Å². The Morgan fingerprint density at radius 3 is 2.47 bits per heavy atom. The van der Waals surface area contributed by atoms with E-state index in [0.717, 1.165) is 10.6 Å². The maximum absolute atomic E-state index is 11.9. The molecule has 1 aliphatic heterocycles. The number of carbonyl (C=O) groups is 2. The highest BCUT2D eigenvalue weighted by Crippen LogP contribution is 2.29. The van der Waals surface area contributed by atoms with Crippen LogP contribution in [0.15, 0.2) is 35.4 Å². The minimum Gasteiger partial charge on any atom is -0.337 e. The fraction of sp³-hybridized carbons (Fsp3) is 0.286. The molecular formula is C14H14ClNO3. The van der Waals surface area contributed by atoms with Crippen LogP contribution in [-0.4, -0.2) is 23.5 Å². The third kappa shape index (κ3) is 2.79. The molecule has 0 unspecified atom stereocenters. The Morgan fingerprint density at radius 1 is 1.32 bits per heavy atom. The second kappa shape index (κ2) is 5.05. The standard InChI is InChI=1S/C14H14ClNO3/c1-14(2)12(17)16(19-13(14)18)9-11(15)8-10-6-4-3-5-7-10/h3-8H,9H2,1-2H3/b11-8-. The molecule has 0 atom stereocenters. The molecule has 5 heteroatoms. The molecule has 0 spiro atoms. The van der Waals surface area contributed by atoms with Crippen molar-refractivity contribution in [1.82, 2.24) is 5.06 Å². The molecule has 1 aromatic rings. The van der Waals surface area contributed by atoms with Crippen LogP contribution in [0.3, 0.4) is 0 Å². The van der Waals surface area contributed by atoms with E-state index in [4.69, 9.17) is 16.4 Å². The van der Waals surface area contributed by atoms with Gasteiger partial charge in [-0.25, -0.2) is 4.79 Å². The zero-order valence-electron chi connectivity index (χ0n) is 10.7. The first-order chi connectivity index (χ1) is 8.91. The fourth-order valence-corrected chi connectivity index (χ4v) is 1.91. The number of hydrogen-bond donors (Lipinski definition) is 0. The van der Waals surface area contributed by atoms with Crippen LogP contribution in [-0.2, 0) is 14.4 Å². The smallest absolute Gasteiger partial charge is 0.337 e. The SMILES string of the molecule is CC1(C)C(=O)ON(C/C(Cl)=C/c2ccccc2)C1=O. The lowest BCUT2D eigenvalue weighted by atomic mass is 9.94. The minimum atomic E-state index is -1.14. The van der Waals surface area contributed by atoms with Gasteiger partial charge in [0.15, 0.2) is 0 Å². The quantitative estimate of drug-likeness (QED) is 0.799. The van der Waals surface area contributed by atoms with Crippen molar-refractivity contribution in [3.63, 3.8) is 0 Å². The lowest BCUT2D eigenvalue weighted by molar-refractivity contribution is -0.176. The van der Waals surface area contributed by atoms with Crippen LogP contribution in [0.2, 0.25) is 0 Å². The summed E-state index contributed by atoms with van der Waals surface area (Å²) >= 11 is 6.08. The van der Waals surface area contributed by atoms with Crippen molar-refractivity contribution in [1.29, 1.82) is 0 Å². The van der Waals surface area contributed by atoms with E-state index in [2.05, 4.69) is 0 Å². The summed E-state index contributed by atoms with van der Waals surface area (Å²) in [6, 6.07) is 9.47. The van der Waals surface area contributed by atoms with E-state index in [1.165, 1.54) is 13.8 Å². The zero-order valence-corrected chi connectivity index (χ0v) is 11.5. The van der Waals surface area contributed by atoms with Crippen molar-refractivity contribution < 1.29 is 14.4 Å². The Balaban J connectivity index is 2.09. The van der Waals surface area contributed by atoms with E-state index in [1.54, 1.807) is 6.08 Å².